The summed E-state index contributed by atoms with van der Waals surface area (Å²) in [5, 5.41) is 0. The van der Waals surface area contributed by atoms with Crippen molar-refractivity contribution < 1.29 is 13.2 Å². The van der Waals surface area contributed by atoms with Crippen LogP contribution in [0.1, 0.15) is 19.3 Å². The summed E-state index contributed by atoms with van der Waals surface area (Å²) >= 11 is 0. The molecule has 2 saturated heterocycles. The van der Waals surface area contributed by atoms with E-state index in [1.807, 2.05) is 12.1 Å². The first-order chi connectivity index (χ1) is 9.88. The lowest BCUT2D eigenvalue weighted by Gasteiger charge is -2.34. The molecular formula is C15H22N2O3S. The van der Waals surface area contributed by atoms with Crippen molar-refractivity contribution >= 4 is 15.7 Å². The summed E-state index contributed by atoms with van der Waals surface area (Å²) in [6.07, 6.45) is 4.58. The van der Waals surface area contributed by atoms with Gasteiger partial charge in [-0.2, -0.15) is 0 Å². The zero-order valence-electron chi connectivity index (χ0n) is 12.6. The second-order valence-electron chi connectivity index (χ2n) is 6.14. The van der Waals surface area contributed by atoms with Gasteiger partial charge in [-0.3, -0.25) is 9.21 Å². The van der Waals surface area contributed by atoms with E-state index in [-0.39, 0.29) is 5.60 Å². The maximum Gasteiger partial charge on any atom is 0.231 e. The van der Waals surface area contributed by atoms with Crippen LogP contribution in [0.25, 0.3) is 0 Å². The van der Waals surface area contributed by atoms with Gasteiger partial charge in [0, 0.05) is 26.6 Å². The van der Waals surface area contributed by atoms with Crippen LogP contribution in [0.15, 0.2) is 24.3 Å². The molecule has 2 aliphatic rings. The SMILES string of the molecule is CN(c1ccc(OC23CCCN(CC2)C3)cc1)S(C)(=O)=O. The second kappa shape index (κ2) is 5.18. The van der Waals surface area contributed by atoms with Crippen molar-refractivity contribution in [1.82, 2.24) is 4.90 Å². The Bertz CT molecular complexity index is 610. The third-order valence-corrected chi connectivity index (χ3v) is 5.74. The molecule has 6 heteroatoms. The van der Waals surface area contributed by atoms with Crippen LogP contribution < -0.4 is 9.04 Å². The number of ether oxygens (including phenoxy) is 1. The van der Waals surface area contributed by atoms with Gasteiger partial charge in [-0.25, -0.2) is 8.42 Å². The predicted molar refractivity (Wildman–Crippen MR) is 83.3 cm³/mol. The molecule has 3 rings (SSSR count). The number of rotatable bonds is 4. The molecular weight excluding hydrogens is 288 g/mol. The average molecular weight is 310 g/mol. The Labute approximate surface area is 126 Å². The van der Waals surface area contributed by atoms with Crippen LogP contribution in [0.4, 0.5) is 5.69 Å². The highest BCUT2D eigenvalue weighted by Gasteiger charge is 2.42. The smallest absolute Gasteiger partial charge is 0.231 e. The molecule has 1 aromatic rings. The lowest BCUT2D eigenvalue weighted by atomic mass is 9.94. The molecule has 2 bridgehead atoms. The van der Waals surface area contributed by atoms with Gasteiger partial charge in [-0.1, -0.05) is 0 Å². The Morgan fingerprint density at radius 1 is 1.19 bits per heavy atom. The van der Waals surface area contributed by atoms with Crippen molar-refractivity contribution in [3.63, 3.8) is 0 Å². The molecule has 0 aliphatic carbocycles. The molecule has 116 valence electrons. The maximum absolute atomic E-state index is 11.5. The first-order valence-electron chi connectivity index (χ1n) is 7.33. The molecule has 2 unspecified atom stereocenters. The average Bonchev–Trinajstić information content (AvgIpc) is 2.72. The van der Waals surface area contributed by atoms with E-state index in [2.05, 4.69) is 4.90 Å². The van der Waals surface area contributed by atoms with E-state index in [9.17, 15) is 8.42 Å². The fourth-order valence-corrected chi connectivity index (χ4v) is 3.75. The maximum atomic E-state index is 11.5. The van der Waals surface area contributed by atoms with E-state index >= 15 is 0 Å². The van der Waals surface area contributed by atoms with E-state index in [0.717, 1.165) is 31.7 Å². The molecule has 2 atom stereocenters. The number of anilines is 1. The molecule has 0 radical (unpaired) electrons. The van der Waals surface area contributed by atoms with Crippen LogP contribution >= 0.6 is 0 Å². The van der Waals surface area contributed by atoms with Gasteiger partial charge in [-0.05, 0) is 43.7 Å². The predicted octanol–water partition coefficient (Wildman–Crippen LogP) is 1.70. The van der Waals surface area contributed by atoms with Crippen molar-refractivity contribution in [2.24, 2.45) is 0 Å². The summed E-state index contributed by atoms with van der Waals surface area (Å²) < 4.78 is 30.6. The number of hydrogen-bond donors (Lipinski definition) is 0. The molecule has 2 fully saturated rings. The Morgan fingerprint density at radius 3 is 2.57 bits per heavy atom. The molecule has 21 heavy (non-hydrogen) atoms. The molecule has 0 spiro atoms. The Hall–Kier alpha value is -1.27. The minimum Gasteiger partial charge on any atom is -0.486 e. The summed E-state index contributed by atoms with van der Waals surface area (Å²) in [6, 6.07) is 7.32. The zero-order valence-corrected chi connectivity index (χ0v) is 13.4. The molecule has 5 nitrogen and oxygen atoms in total. The number of piperidine rings is 1. The van der Waals surface area contributed by atoms with Gasteiger partial charge in [0.2, 0.25) is 10.0 Å². The van der Waals surface area contributed by atoms with Crippen LogP contribution in [0.5, 0.6) is 5.75 Å². The number of sulfonamides is 1. The second-order valence-corrected chi connectivity index (χ2v) is 8.15. The normalized spacial score (nSPS) is 28.4. The summed E-state index contributed by atoms with van der Waals surface area (Å²) in [4.78, 5) is 2.45. The highest BCUT2D eigenvalue weighted by Crippen LogP contribution is 2.36. The van der Waals surface area contributed by atoms with Crippen molar-refractivity contribution in [2.75, 3.05) is 37.2 Å². The molecule has 1 aromatic carbocycles. The molecule has 2 heterocycles. The minimum absolute atomic E-state index is 0.0392. The van der Waals surface area contributed by atoms with Crippen LogP contribution in [-0.2, 0) is 10.0 Å². The fraction of sp³-hybridized carbons (Fsp3) is 0.600. The minimum atomic E-state index is -3.22. The van der Waals surface area contributed by atoms with E-state index < -0.39 is 10.0 Å². The van der Waals surface area contributed by atoms with Gasteiger partial charge in [0.25, 0.3) is 0 Å². The quantitative estimate of drug-likeness (QED) is 0.849. The molecule has 0 amide bonds. The number of fused-ring (bicyclic) bond motifs is 2. The van der Waals surface area contributed by atoms with Crippen LogP contribution in [0.3, 0.4) is 0 Å². The van der Waals surface area contributed by atoms with E-state index in [0.29, 0.717) is 5.69 Å². The zero-order chi connectivity index (χ0) is 15.1. The Balaban J connectivity index is 1.73. The highest BCUT2D eigenvalue weighted by molar-refractivity contribution is 7.92. The van der Waals surface area contributed by atoms with E-state index in [1.54, 1.807) is 19.2 Å². The Kier molecular flexibility index (Phi) is 3.61. The summed E-state index contributed by atoms with van der Waals surface area (Å²) in [6.45, 7) is 3.32. The van der Waals surface area contributed by atoms with Gasteiger partial charge < -0.3 is 4.74 Å². The lowest BCUT2D eigenvalue weighted by molar-refractivity contribution is 0.0453. The highest BCUT2D eigenvalue weighted by atomic mass is 32.2. The van der Waals surface area contributed by atoms with Crippen molar-refractivity contribution in [2.45, 2.75) is 24.9 Å². The van der Waals surface area contributed by atoms with Gasteiger partial charge in [-0.15, -0.1) is 0 Å². The van der Waals surface area contributed by atoms with Gasteiger partial charge >= 0.3 is 0 Å². The van der Waals surface area contributed by atoms with E-state index in [1.165, 1.54) is 23.5 Å². The number of nitrogens with zero attached hydrogens (tertiary/aromatic N) is 2. The van der Waals surface area contributed by atoms with Gasteiger partial charge in [0.1, 0.15) is 11.4 Å². The van der Waals surface area contributed by atoms with Gasteiger partial charge in [0.05, 0.1) is 11.9 Å². The number of hydrogen-bond acceptors (Lipinski definition) is 4. The Morgan fingerprint density at radius 2 is 1.90 bits per heavy atom. The first kappa shape index (κ1) is 14.7. The molecule has 0 saturated carbocycles. The fourth-order valence-electron chi connectivity index (χ4n) is 3.25. The van der Waals surface area contributed by atoms with Crippen LogP contribution in [0.2, 0.25) is 0 Å². The standard InChI is InChI=1S/C15H22N2O3S/c1-16(21(2,18)19)13-4-6-14(7-5-13)20-15-8-3-10-17(12-15)11-9-15/h4-7H,3,8-12H2,1-2H3. The van der Waals surface area contributed by atoms with Crippen molar-refractivity contribution in [1.29, 1.82) is 0 Å². The topological polar surface area (TPSA) is 49.9 Å². The van der Waals surface area contributed by atoms with Crippen molar-refractivity contribution in [3.05, 3.63) is 24.3 Å². The molecule has 0 aromatic heterocycles. The van der Waals surface area contributed by atoms with Crippen LogP contribution in [0, 0.1) is 0 Å². The summed E-state index contributed by atoms with van der Waals surface area (Å²) in [7, 11) is -1.66. The number of benzene rings is 1. The first-order valence-corrected chi connectivity index (χ1v) is 9.18. The van der Waals surface area contributed by atoms with Gasteiger partial charge in [0.15, 0.2) is 0 Å². The summed E-state index contributed by atoms with van der Waals surface area (Å²) in [5.41, 5.74) is 0.613. The largest absolute Gasteiger partial charge is 0.486 e. The van der Waals surface area contributed by atoms with E-state index in [4.69, 9.17) is 4.74 Å². The van der Waals surface area contributed by atoms with Crippen molar-refractivity contribution in [3.8, 4) is 5.75 Å². The third kappa shape index (κ3) is 3.01. The summed E-state index contributed by atoms with van der Waals surface area (Å²) in [5.74, 6) is 0.824. The molecule has 2 aliphatic heterocycles. The monoisotopic (exact) mass is 310 g/mol. The molecule has 0 N–H and O–H groups in total. The lowest BCUT2D eigenvalue weighted by Crippen LogP contribution is -2.43. The third-order valence-electron chi connectivity index (χ3n) is 4.53. The van der Waals surface area contributed by atoms with Crippen LogP contribution in [-0.4, -0.2) is 51.9 Å².